The summed E-state index contributed by atoms with van der Waals surface area (Å²) in [6, 6.07) is 7.21. The molecule has 1 saturated heterocycles. The van der Waals surface area contributed by atoms with Gasteiger partial charge in [0.15, 0.2) is 11.6 Å². The van der Waals surface area contributed by atoms with Gasteiger partial charge in [-0.1, -0.05) is 0 Å². The second-order valence-electron chi connectivity index (χ2n) is 6.23. The van der Waals surface area contributed by atoms with Crippen LogP contribution in [-0.4, -0.2) is 39.7 Å². The number of amides is 1. The number of aliphatic hydroxyl groups is 1. The van der Waals surface area contributed by atoms with Crippen LogP contribution >= 0.6 is 12.4 Å². The molecule has 0 radical (unpaired) electrons. The zero-order valence-corrected chi connectivity index (χ0v) is 14.9. The zero-order chi connectivity index (χ0) is 18.3. The number of hydrogen-bond acceptors (Lipinski definition) is 5. The first-order chi connectivity index (χ1) is 12.5. The predicted octanol–water partition coefficient (Wildman–Crippen LogP) is 2.34. The van der Waals surface area contributed by atoms with Crippen molar-refractivity contribution >= 4 is 35.0 Å². The third kappa shape index (κ3) is 3.54. The molecule has 142 valence electrons. The van der Waals surface area contributed by atoms with E-state index in [9.17, 15) is 14.3 Å². The molecular weight excluding hydrogens is 375 g/mol. The average Bonchev–Trinajstić information content (AvgIpc) is 3.23. The summed E-state index contributed by atoms with van der Waals surface area (Å²) in [6.07, 6.45) is 2.86. The number of anilines is 1. The van der Waals surface area contributed by atoms with Crippen molar-refractivity contribution in [1.82, 2.24) is 9.97 Å². The summed E-state index contributed by atoms with van der Waals surface area (Å²) >= 11 is 0. The monoisotopic (exact) mass is 392 g/mol. The van der Waals surface area contributed by atoms with Gasteiger partial charge < -0.3 is 25.5 Å². The molecule has 0 unspecified atom stereocenters. The number of aromatic nitrogens is 2. The molecule has 4 N–H and O–H groups in total. The summed E-state index contributed by atoms with van der Waals surface area (Å²) in [4.78, 5) is 20.3. The second kappa shape index (κ2) is 7.42. The minimum absolute atomic E-state index is 0. The van der Waals surface area contributed by atoms with Gasteiger partial charge in [0, 0.05) is 37.1 Å². The molecule has 7 nitrogen and oxygen atoms in total. The van der Waals surface area contributed by atoms with Gasteiger partial charge in [0.2, 0.25) is 5.91 Å². The number of nitrogens with zero attached hydrogens (tertiary/aromatic N) is 2. The molecule has 1 fully saturated rings. The SMILES string of the molecule is Cl.NC(=O)[C@@H]1C[C@@H](O)CN1c1ccc(Oc2ccnc3[nH]ccc23)c(F)c1. The lowest BCUT2D eigenvalue weighted by Crippen LogP contribution is -2.40. The van der Waals surface area contributed by atoms with Gasteiger partial charge in [-0.15, -0.1) is 12.4 Å². The summed E-state index contributed by atoms with van der Waals surface area (Å²) < 4.78 is 20.3. The lowest BCUT2D eigenvalue weighted by molar-refractivity contribution is -0.119. The van der Waals surface area contributed by atoms with Gasteiger partial charge in [-0.05, 0) is 24.3 Å². The molecule has 1 aromatic carbocycles. The fourth-order valence-electron chi connectivity index (χ4n) is 3.26. The van der Waals surface area contributed by atoms with Crippen LogP contribution in [0.2, 0.25) is 0 Å². The number of ether oxygens (including phenoxy) is 1. The van der Waals surface area contributed by atoms with Gasteiger partial charge in [0.1, 0.15) is 17.4 Å². The molecule has 1 amide bonds. The van der Waals surface area contributed by atoms with Gasteiger partial charge in [-0.2, -0.15) is 0 Å². The van der Waals surface area contributed by atoms with Crippen LogP contribution in [0.3, 0.4) is 0 Å². The van der Waals surface area contributed by atoms with Crippen molar-refractivity contribution in [1.29, 1.82) is 0 Å². The number of nitrogens with two attached hydrogens (primary N) is 1. The minimum atomic E-state index is -0.676. The highest BCUT2D eigenvalue weighted by molar-refractivity contribution is 5.85. The first kappa shape index (κ1) is 18.9. The third-order valence-electron chi connectivity index (χ3n) is 4.49. The van der Waals surface area contributed by atoms with Crippen LogP contribution < -0.4 is 15.4 Å². The Kier molecular flexibility index (Phi) is 5.20. The topological polar surface area (TPSA) is 104 Å². The largest absolute Gasteiger partial charge is 0.453 e. The molecule has 27 heavy (non-hydrogen) atoms. The highest BCUT2D eigenvalue weighted by Gasteiger charge is 2.35. The number of halogens is 2. The molecule has 0 aliphatic carbocycles. The number of aromatic amines is 1. The first-order valence-corrected chi connectivity index (χ1v) is 8.16. The predicted molar refractivity (Wildman–Crippen MR) is 101 cm³/mol. The number of benzene rings is 1. The molecule has 1 aliphatic rings. The summed E-state index contributed by atoms with van der Waals surface area (Å²) in [5, 5.41) is 10.5. The maximum Gasteiger partial charge on any atom is 0.240 e. The summed E-state index contributed by atoms with van der Waals surface area (Å²) in [7, 11) is 0. The van der Waals surface area contributed by atoms with E-state index in [0.29, 0.717) is 17.1 Å². The van der Waals surface area contributed by atoms with E-state index in [1.54, 1.807) is 35.5 Å². The number of primary amides is 1. The summed E-state index contributed by atoms with van der Waals surface area (Å²) in [5.41, 5.74) is 6.50. The Morgan fingerprint density at radius 2 is 2.15 bits per heavy atom. The Bertz CT molecular complexity index is 980. The Balaban J connectivity index is 0.00000210. The van der Waals surface area contributed by atoms with Crippen LogP contribution in [-0.2, 0) is 4.79 Å². The number of aliphatic hydroxyl groups excluding tert-OH is 1. The molecule has 4 rings (SSSR count). The van der Waals surface area contributed by atoms with Gasteiger partial charge in [0.05, 0.1) is 11.5 Å². The Labute approximate surface area is 160 Å². The van der Waals surface area contributed by atoms with Crippen LogP contribution in [0, 0.1) is 5.82 Å². The number of carbonyl (C=O) groups is 1. The average molecular weight is 393 g/mol. The third-order valence-corrected chi connectivity index (χ3v) is 4.49. The molecule has 0 saturated carbocycles. The Hall–Kier alpha value is -2.84. The summed E-state index contributed by atoms with van der Waals surface area (Å²) in [5.74, 6) is -0.589. The van der Waals surface area contributed by atoms with E-state index in [0.717, 1.165) is 5.39 Å². The molecule has 9 heteroatoms. The maximum atomic E-state index is 14.6. The number of β-amino-alcohol motifs (C(OH)–C–C–N with tert-alkyl or cyclic N) is 1. The van der Waals surface area contributed by atoms with E-state index in [1.807, 2.05) is 0 Å². The molecule has 0 bridgehead atoms. The Morgan fingerprint density at radius 3 is 2.89 bits per heavy atom. The van der Waals surface area contributed by atoms with Crippen LogP contribution in [0.1, 0.15) is 6.42 Å². The molecule has 3 heterocycles. The quantitative estimate of drug-likeness (QED) is 0.632. The standard InChI is InChI=1S/C18H17FN4O3.ClH/c19-13-7-10(23-9-11(24)8-14(23)17(20)25)1-2-16(13)26-15-4-6-22-18-12(15)3-5-21-18;/h1-7,11,14,24H,8-9H2,(H2,20,25)(H,21,22);1H/t11-,14+;/m1./s1. The minimum Gasteiger partial charge on any atom is -0.453 e. The number of carbonyl (C=O) groups excluding carboxylic acids is 1. The van der Waals surface area contributed by atoms with Crippen molar-refractivity contribution in [2.45, 2.75) is 18.6 Å². The number of H-pyrrole nitrogens is 1. The van der Waals surface area contributed by atoms with Crippen molar-refractivity contribution in [3.05, 3.63) is 48.5 Å². The first-order valence-electron chi connectivity index (χ1n) is 8.16. The molecule has 3 aromatic rings. The molecular formula is C18H18ClFN4O3. The van der Waals surface area contributed by atoms with Gasteiger partial charge in [0.25, 0.3) is 0 Å². The molecule has 2 aromatic heterocycles. The van der Waals surface area contributed by atoms with Crippen molar-refractivity contribution in [2.75, 3.05) is 11.4 Å². The van der Waals surface area contributed by atoms with E-state index in [1.165, 1.54) is 12.1 Å². The molecule has 0 spiro atoms. The Morgan fingerprint density at radius 1 is 1.33 bits per heavy atom. The fraction of sp³-hybridized carbons (Fsp3) is 0.222. The normalized spacial score (nSPS) is 19.1. The number of nitrogens with one attached hydrogen (secondary N) is 1. The number of fused-ring (bicyclic) bond motifs is 1. The molecule has 1 aliphatic heterocycles. The number of rotatable bonds is 4. The number of hydrogen-bond donors (Lipinski definition) is 3. The van der Waals surface area contributed by atoms with Crippen molar-refractivity contribution in [3.8, 4) is 11.5 Å². The lowest BCUT2D eigenvalue weighted by atomic mass is 10.2. The van der Waals surface area contributed by atoms with E-state index in [-0.39, 0.29) is 31.1 Å². The molecule has 2 atom stereocenters. The van der Waals surface area contributed by atoms with Crippen molar-refractivity contribution in [3.63, 3.8) is 0 Å². The number of pyridine rings is 1. The lowest BCUT2D eigenvalue weighted by Gasteiger charge is -2.24. The van der Waals surface area contributed by atoms with Crippen LogP contribution in [0.5, 0.6) is 11.5 Å². The van der Waals surface area contributed by atoms with E-state index < -0.39 is 23.9 Å². The smallest absolute Gasteiger partial charge is 0.240 e. The van der Waals surface area contributed by atoms with E-state index in [2.05, 4.69) is 9.97 Å². The van der Waals surface area contributed by atoms with Crippen molar-refractivity contribution < 1.29 is 19.0 Å². The summed E-state index contributed by atoms with van der Waals surface area (Å²) in [6.45, 7) is 0.224. The van der Waals surface area contributed by atoms with Gasteiger partial charge in [-0.25, -0.2) is 9.37 Å². The van der Waals surface area contributed by atoms with E-state index >= 15 is 0 Å². The van der Waals surface area contributed by atoms with E-state index in [4.69, 9.17) is 10.5 Å². The second-order valence-corrected chi connectivity index (χ2v) is 6.23. The van der Waals surface area contributed by atoms with Crippen LogP contribution in [0.4, 0.5) is 10.1 Å². The maximum absolute atomic E-state index is 14.6. The highest BCUT2D eigenvalue weighted by Crippen LogP contribution is 2.33. The highest BCUT2D eigenvalue weighted by atomic mass is 35.5. The fourth-order valence-corrected chi connectivity index (χ4v) is 3.26. The van der Waals surface area contributed by atoms with Crippen molar-refractivity contribution in [2.24, 2.45) is 5.73 Å². The van der Waals surface area contributed by atoms with Crippen LogP contribution in [0.25, 0.3) is 11.0 Å². The zero-order valence-electron chi connectivity index (χ0n) is 14.1. The van der Waals surface area contributed by atoms with Crippen LogP contribution in [0.15, 0.2) is 42.7 Å². The van der Waals surface area contributed by atoms with Gasteiger partial charge in [-0.3, -0.25) is 4.79 Å². The van der Waals surface area contributed by atoms with Gasteiger partial charge >= 0.3 is 0 Å².